The summed E-state index contributed by atoms with van der Waals surface area (Å²) in [6, 6.07) is 5.33. The predicted molar refractivity (Wildman–Crippen MR) is 86.7 cm³/mol. The van der Waals surface area contributed by atoms with Gasteiger partial charge in [-0.15, -0.1) is 0 Å². The van der Waals surface area contributed by atoms with E-state index in [0.717, 1.165) is 0 Å². The van der Waals surface area contributed by atoms with Crippen LogP contribution >= 0.6 is 0 Å². The summed E-state index contributed by atoms with van der Waals surface area (Å²) < 4.78 is 11.7. The Labute approximate surface area is 135 Å². The molecule has 124 valence electrons. The lowest BCUT2D eigenvalue weighted by molar-refractivity contribution is -0.143. The van der Waals surface area contributed by atoms with Gasteiger partial charge in [-0.1, -0.05) is 20.8 Å². The number of rotatable bonds is 5. The molecule has 0 saturated carbocycles. The number of hydrogen-bond acceptors (Lipinski definition) is 5. The van der Waals surface area contributed by atoms with Crippen LogP contribution in [0.4, 0.5) is 0 Å². The van der Waals surface area contributed by atoms with Crippen molar-refractivity contribution in [2.75, 3.05) is 13.7 Å². The molecule has 6 heteroatoms. The van der Waals surface area contributed by atoms with E-state index in [1.807, 2.05) is 20.8 Å². The third-order valence-corrected chi connectivity index (χ3v) is 3.44. The van der Waals surface area contributed by atoms with Crippen molar-refractivity contribution in [3.8, 4) is 5.75 Å². The van der Waals surface area contributed by atoms with Gasteiger partial charge in [-0.3, -0.25) is 14.3 Å². The number of aromatic nitrogens is 2. The number of ketones is 1. The second-order valence-electron chi connectivity index (χ2n) is 6.27. The number of benzene rings is 1. The van der Waals surface area contributed by atoms with Crippen molar-refractivity contribution in [3.05, 3.63) is 23.9 Å². The quantitative estimate of drug-likeness (QED) is 0.626. The average Bonchev–Trinajstić information content (AvgIpc) is 2.83. The Hall–Kier alpha value is -2.37. The summed E-state index contributed by atoms with van der Waals surface area (Å²) in [6.45, 7) is 7.53. The fourth-order valence-corrected chi connectivity index (χ4v) is 2.25. The van der Waals surface area contributed by atoms with Crippen LogP contribution in [0, 0.1) is 5.41 Å². The zero-order valence-corrected chi connectivity index (χ0v) is 14.2. The lowest BCUT2D eigenvalue weighted by atomic mass is 9.88. The lowest BCUT2D eigenvalue weighted by Gasteiger charge is -2.14. The first-order valence-corrected chi connectivity index (χ1v) is 7.53. The van der Waals surface area contributed by atoms with Crippen molar-refractivity contribution >= 4 is 22.7 Å². The monoisotopic (exact) mass is 318 g/mol. The number of esters is 1. The molecule has 0 radical (unpaired) electrons. The summed E-state index contributed by atoms with van der Waals surface area (Å²) in [5.74, 6) is 0.169. The number of hydrogen-bond donors (Lipinski definition) is 0. The zero-order valence-electron chi connectivity index (χ0n) is 14.2. The minimum absolute atomic E-state index is 0.0467. The molecule has 0 fully saturated rings. The number of ether oxygens (including phenoxy) is 2. The highest BCUT2D eigenvalue weighted by atomic mass is 16.5. The average molecular weight is 318 g/mol. The van der Waals surface area contributed by atoms with Gasteiger partial charge in [-0.2, -0.15) is 5.10 Å². The van der Waals surface area contributed by atoms with Crippen molar-refractivity contribution in [1.82, 2.24) is 9.78 Å². The van der Waals surface area contributed by atoms with Gasteiger partial charge in [-0.25, -0.2) is 0 Å². The second kappa shape index (κ2) is 6.40. The maximum atomic E-state index is 12.6. The van der Waals surface area contributed by atoms with Crippen LogP contribution in [0.1, 0.15) is 38.2 Å². The Kier molecular flexibility index (Phi) is 4.73. The van der Waals surface area contributed by atoms with E-state index in [0.29, 0.717) is 29.0 Å². The van der Waals surface area contributed by atoms with Gasteiger partial charge in [0.25, 0.3) is 0 Å². The fraction of sp³-hybridized carbons (Fsp3) is 0.471. The number of carbonyl (C=O) groups is 2. The van der Waals surface area contributed by atoms with E-state index in [9.17, 15) is 9.59 Å². The van der Waals surface area contributed by atoms with Crippen molar-refractivity contribution in [3.63, 3.8) is 0 Å². The number of Topliss-reactive ketones (excluding diaryl/α,β-unsaturated/α-hetero) is 1. The van der Waals surface area contributed by atoms with Crippen molar-refractivity contribution in [2.45, 2.75) is 34.2 Å². The maximum absolute atomic E-state index is 12.6. The van der Waals surface area contributed by atoms with E-state index < -0.39 is 11.4 Å². The first kappa shape index (κ1) is 17.0. The van der Waals surface area contributed by atoms with E-state index in [4.69, 9.17) is 9.47 Å². The van der Waals surface area contributed by atoms with Gasteiger partial charge in [0.1, 0.15) is 18.0 Å². The minimum atomic E-state index is -0.560. The highest BCUT2D eigenvalue weighted by molar-refractivity contribution is 6.08. The van der Waals surface area contributed by atoms with Crippen LogP contribution in [0.15, 0.2) is 18.2 Å². The highest BCUT2D eigenvalue weighted by Crippen LogP contribution is 2.28. The van der Waals surface area contributed by atoms with E-state index in [1.54, 1.807) is 32.2 Å². The molecule has 0 aliphatic carbocycles. The molecule has 1 aromatic carbocycles. The molecule has 0 saturated heterocycles. The second-order valence-corrected chi connectivity index (χ2v) is 6.27. The molecule has 0 spiro atoms. The SMILES string of the molecule is CCOC(=O)Cn1nc(C(=O)C(C)(C)C)c2ccc(OC)cc21. The molecule has 0 bridgehead atoms. The standard InChI is InChI=1S/C17H22N2O4/c1-6-23-14(20)10-19-13-9-11(22-5)7-8-12(13)15(18-19)16(21)17(2,3)4/h7-9H,6,10H2,1-5H3. The van der Waals surface area contributed by atoms with E-state index in [1.165, 1.54) is 4.68 Å². The Morgan fingerprint density at radius 3 is 2.52 bits per heavy atom. The fourth-order valence-electron chi connectivity index (χ4n) is 2.25. The molecule has 0 atom stereocenters. The predicted octanol–water partition coefficient (Wildman–Crippen LogP) is 2.84. The Morgan fingerprint density at radius 1 is 1.26 bits per heavy atom. The van der Waals surface area contributed by atoms with Crippen LogP contribution in [-0.4, -0.2) is 35.2 Å². The molecular weight excluding hydrogens is 296 g/mol. The van der Waals surface area contributed by atoms with Crippen LogP contribution in [0.2, 0.25) is 0 Å². The molecule has 0 unspecified atom stereocenters. The number of methoxy groups -OCH3 is 1. The number of nitrogens with zero attached hydrogens (tertiary/aromatic N) is 2. The first-order valence-electron chi connectivity index (χ1n) is 7.53. The highest BCUT2D eigenvalue weighted by Gasteiger charge is 2.28. The zero-order chi connectivity index (χ0) is 17.2. The van der Waals surface area contributed by atoms with E-state index in [2.05, 4.69) is 5.10 Å². The number of carbonyl (C=O) groups excluding carboxylic acids is 2. The van der Waals surface area contributed by atoms with Gasteiger partial charge in [0.15, 0.2) is 5.78 Å². The van der Waals surface area contributed by atoms with Gasteiger partial charge < -0.3 is 9.47 Å². The summed E-state index contributed by atoms with van der Waals surface area (Å²) in [4.78, 5) is 24.4. The molecule has 23 heavy (non-hydrogen) atoms. The molecule has 2 rings (SSSR count). The molecule has 0 aliphatic heterocycles. The van der Waals surface area contributed by atoms with Crippen LogP contribution in [0.3, 0.4) is 0 Å². The summed E-state index contributed by atoms with van der Waals surface area (Å²) in [5.41, 5.74) is 0.472. The lowest BCUT2D eigenvalue weighted by Crippen LogP contribution is -2.21. The molecular formula is C17H22N2O4. The van der Waals surface area contributed by atoms with E-state index in [-0.39, 0.29) is 12.3 Å². The molecule has 2 aromatic rings. The molecule has 0 N–H and O–H groups in total. The van der Waals surface area contributed by atoms with Crippen molar-refractivity contribution < 1.29 is 19.1 Å². The van der Waals surface area contributed by atoms with Crippen LogP contribution in [0.25, 0.3) is 10.9 Å². The molecule has 1 heterocycles. The smallest absolute Gasteiger partial charge is 0.327 e. The Bertz CT molecular complexity index is 741. The van der Waals surface area contributed by atoms with Crippen molar-refractivity contribution in [2.24, 2.45) is 5.41 Å². The summed E-state index contributed by atoms with van der Waals surface area (Å²) >= 11 is 0. The summed E-state index contributed by atoms with van der Waals surface area (Å²) in [6.07, 6.45) is 0. The van der Waals surface area contributed by atoms with Crippen LogP contribution in [-0.2, 0) is 16.1 Å². The van der Waals surface area contributed by atoms with E-state index >= 15 is 0 Å². The van der Waals surface area contributed by atoms with Crippen LogP contribution < -0.4 is 4.74 Å². The molecule has 1 aromatic heterocycles. The summed E-state index contributed by atoms with van der Waals surface area (Å²) in [7, 11) is 1.56. The van der Waals surface area contributed by atoms with Gasteiger partial charge in [-0.05, 0) is 19.1 Å². The largest absolute Gasteiger partial charge is 0.497 e. The Balaban J connectivity index is 2.57. The maximum Gasteiger partial charge on any atom is 0.327 e. The molecule has 0 aliphatic rings. The van der Waals surface area contributed by atoms with Crippen LogP contribution in [0.5, 0.6) is 5.75 Å². The van der Waals surface area contributed by atoms with Crippen molar-refractivity contribution in [1.29, 1.82) is 0 Å². The Morgan fingerprint density at radius 2 is 1.96 bits per heavy atom. The minimum Gasteiger partial charge on any atom is -0.497 e. The number of fused-ring (bicyclic) bond motifs is 1. The molecule has 6 nitrogen and oxygen atoms in total. The topological polar surface area (TPSA) is 70.4 Å². The first-order chi connectivity index (χ1) is 10.8. The van der Waals surface area contributed by atoms with Gasteiger partial charge in [0, 0.05) is 16.9 Å². The van der Waals surface area contributed by atoms with Gasteiger partial charge in [0.05, 0.1) is 19.2 Å². The molecule has 0 amide bonds. The van der Waals surface area contributed by atoms with Gasteiger partial charge in [0.2, 0.25) is 0 Å². The van der Waals surface area contributed by atoms with Gasteiger partial charge >= 0.3 is 5.97 Å². The normalized spacial score (nSPS) is 11.5. The third kappa shape index (κ3) is 3.52. The third-order valence-electron chi connectivity index (χ3n) is 3.44. The summed E-state index contributed by atoms with van der Waals surface area (Å²) in [5, 5.41) is 5.07.